The summed E-state index contributed by atoms with van der Waals surface area (Å²) < 4.78 is 17.7. The van der Waals surface area contributed by atoms with Gasteiger partial charge >= 0.3 is 0 Å². The molecule has 1 aliphatic rings. The Morgan fingerprint density at radius 3 is 2.61 bits per heavy atom. The van der Waals surface area contributed by atoms with E-state index >= 15 is 0 Å². The van der Waals surface area contributed by atoms with Gasteiger partial charge in [-0.15, -0.1) is 6.42 Å². The SMILES string of the molecule is C#CCNc1cc(-c2c(Cl)n3n(c2=O)CCCC3)c(F)cc1Cl. The zero-order chi connectivity index (χ0) is 16.6. The van der Waals surface area contributed by atoms with E-state index < -0.39 is 5.82 Å². The summed E-state index contributed by atoms with van der Waals surface area (Å²) in [5, 5.41) is 3.35. The van der Waals surface area contributed by atoms with Gasteiger partial charge in [0.05, 0.1) is 22.8 Å². The van der Waals surface area contributed by atoms with E-state index in [4.69, 9.17) is 29.6 Å². The molecule has 0 amide bonds. The first kappa shape index (κ1) is 16.0. The van der Waals surface area contributed by atoms with E-state index in [1.165, 1.54) is 6.07 Å². The first-order chi connectivity index (χ1) is 11.0. The molecule has 1 aromatic heterocycles. The average Bonchev–Trinajstić information content (AvgIpc) is 2.79. The number of anilines is 1. The molecular formula is C16H14Cl2FN3O. The molecule has 7 heteroatoms. The molecule has 0 aliphatic carbocycles. The highest BCUT2D eigenvalue weighted by Crippen LogP contribution is 2.34. The number of fused-ring (bicyclic) bond motifs is 1. The van der Waals surface area contributed by atoms with Crippen LogP contribution in [0, 0.1) is 18.2 Å². The summed E-state index contributed by atoms with van der Waals surface area (Å²) in [6, 6.07) is 2.64. The van der Waals surface area contributed by atoms with E-state index in [1.54, 1.807) is 9.36 Å². The highest BCUT2D eigenvalue weighted by molar-refractivity contribution is 6.34. The van der Waals surface area contributed by atoms with Crippen molar-refractivity contribution >= 4 is 28.9 Å². The lowest BCUT2D eigenvalue weighted by atomic mass is 10.1. The van der Waals surface area contributed by atoms with Crippen molar-refractivity contribution in [1.82, 2.24) is 9.36 Å². The number of terminal acetylenes is 1. The van der Waals surface area contributed by atoms with Gasteiger partial charge in [-0.05, 0) is 25.0 Å². The third-order valence-corrected chi connectivity index (χ3v) is 4.57. The minimum Gasteiger partial charge on any atom is -0.373 e. The summed E-state index contributed by atoms with van der Waals surface area (Å²) in [4.78, 5) is 12.6. The maximum atomic E-state index is 14.4. The molecule has 0 unspecified atom stereocenters. The lowest BCUT2D eigenvalue weighted by Crippen LogP contribution is -2.27. The largest absolute Gasteiger partial charge is 0.373 e. The molecule has 0 saturated carbocycles. The Bertz CT molecular complexity index is 864. The van der Waals surface area contributed by atoms with Crippen LogP contribution in [0.25, 0.3) is 11.1 Å². The van der Waals surface area contributed by atoms with Gasteiger partial charge in [0.15, 0.2) is 0 Å². The van der Waals surface area contributed by atoms with E-state index in [9.17, 15) is 9.18 Å². The second kappa shape index (κ2) is 6.31. The van der Waals surface area contributed by atoms with Gasteiger partial charge in [0.1, 0.15) is 11.0 Å². The standard InChI is InChI=1S/C16H14Cl2FN3O/c1-2-5-20-13-8-10(12(19)9-11(13)17)14-15(18)21-6-3-4-7-22(21)16(14)23/h1,8-9,20H,3-7H2. The Morgan fingerprint density at radius 2 is 1.96 bits per heavy atom. The van der Waals surface area contributed by atoms with Crippen LogP contribution in [-0.2, 0) is 13.1 Å². The monoisotopic (exact) mass is 353 g/mol. The summed E-state index contributed by atoms with van der Waals surface area (Å²) in [5.74, 6) is 1.83. The number of benzene rings is 1. The van der Waals surface area contributed by atoms with E-state index in [0.29, 0.717) is 18.8 Å². The van der Waals surface area contributed by atoms with Crippen molar-refractivity contribution in [2.75, 3.05) is 11.9 Å². The fourth-order valence-corrected chi connectivity index (χ4v) is 3.35. The number of hydrogen-bond acceptors (Lipinski definition) is 2. The Kier molecular flexibility index (Phi) is 4.38. The average molecular weight is 354 g/mol. The maximum Gasteiger partial charge on any atom is 0.276 e. The zero-order valence-corrected chi connectivity index (χ0v) is 13.7. The molecule has 23 heavy (non-hydrogen) atoms. The van der Waals surface area contributed by atoms with E-state index in [-0.39, 0.29) is 33.4 Å². The van der Waals surface area contributed by atoms with E-state index in [1.807, 2.05) is 0 Å². The predicted octanol–water partition coefficient (Wildman–Crippen LogP) is 3.60. The van der Waals surface area contributed by atoms with Crippen molar-refractivity contribution in [2.24, 2.45) is 0 Å². The normalized spacial score (nSPS) is 13.5. The quantitative estimate of drug-likeness (QED) is 0.856. The van der Waals surface area contributed by atoms with Crippen LogP contribution in [0.2, 0.25) is 10.2 Å². The van der Waals surface area contributed by atoms with Gasteiger partial charge in [-0.2, -0.15) is 0 Å². The number of aromatic nitrogens is 2. The number of halogens is 3. The Morgan fingerprint density at radius 1 is 1.26 bits per heavy atom. The van der Waals surface area contributed by atoms with E-state index in [0.717, 1.165) is 18.9 Å². The number of rotatable bonds is 3. The highest BCUT2D eigenvalue weighted by atomic mass is 35.5. The van der Waals surface area contributed by atoms with Crippen molar-refractivity contribution in [2.45, 2.75) is 25.9 Å². The molecule has 1 aromatic carbocycles. The van der Waals surface area contributed by atoms with Crippen molar-refractivity contribution in [1.29, 1.82) is 0 Å². The number of nitrogens with zero attached hydrogens (tertiary/aromatic N) is 2. The molecule has 0 radical (unpaired) electrons. The molecule has 2 heterocycles. The Labute approximate surface area is 142 Å². The predicted molar refractivity (Wildman–Crippen MR) is 90.7 cm³/mol. The Balaban J connectivity index is 2.18. The maximum absolute atomic E-state index is 14.4. The Hall–Kier alpha value is -1.90. The highest BCUT2D eigenvalue weighted by Gasteiger charge is 2.24. The molecule has 2 aromatic rings. The first-order valence-electron chi connectivity index (χ1n) is 7.20. The third kappa shape index (κ3) is 2.73. The van der Waals surface area contributed by atoms with Gasteiger partial charge < -0.3 is 5.32 Å². The van der Waals surface area contributed by atoms with Crippen LogP contribution < -0.4 is 10.9 Å². The molecule has 0 spiro atoms. The van der Waals surface area contributed by atoms with Gasteiger partial charge in [-0.1, -0.05) is 29.1 Å². The molecule has 1 N–H and O–H groups in total. The first-order valence-corrected chi connectivity index (χ1v) is 7.96. The molecule has 1 aliphatic heterocycles. The summed E-state index contributed by atoms with van der Waals surface area (Å²) in [6.45, 7) is 1.46. The van der Waals surface area contributed by atoms with Crippen LogP contribution >= 0.6 is 23.2 Å². The van der Waals surface area contributed by atoms with Gasteiger partial charge in [0.2, 0.25) is 0 Å². The molecule has 0 fully saturated rings. The van der Waals surface area contributed by atoms with Crippen LogP contribution in [-0.4, -0.2) is 15.9 Å². The van der Waals surface area contributed by atoms with Crippen LogP contribution in [0.15, 0.2) is 16.9 Å². The minimum atomic E-state index is -0.594. The van der Waals surface area contributed by atoms with Crippen LogP contribution in [0.1, 0.15) is 12.8 Å². The molecule has 0 saturated heterocycles. The molecule has 3 rings (SSSR count). The van der Waals surface area contributed by atoms with Gasteiger partial charge in [0, 0.05) is 18.7 Å². The van der Waals surface area contributed by atoms with Crippen molar-refractivity contribution in [3.63, 3.8) is 0 Å². The van der Waals surface area contributed by atoms with E-state index in [2.05, 4.69) is 11.2 Å². The van der Waals surface area contributed by atoms with Crippen molar-refractivity contribution < 1.29 is 4.39 Å². The van der Waals surface area contributed by atoms with Gasteiger partial charge in [-0.3, -0.25) is 9.48 Å². The van der Waals surface area contributed by atoms with Gasteiger partial charge in [-0.25, -0.2) is 9.07 Å². The summed E-state index contributed by atoms with van der Waals surface area (Å²) in [7, 11) is 0. The number of nitrogens with one attached hydrogen (secondary N) is 1. The topological polar surface area (TPSA) is 39.0 Å². The van der Waals surface area contributed by atoms with Crippen LogP contribution in [0.3, 0.4) is 0 Å². The lowest BCUT2D eigenvalue weighted by molar-refractivity contribution is 0.356. The molecule has 4 nitrogen and oxygen atoms in total. The summed E-state index contributed by atoms with van der Waals surface area (Å²) >= 11 is 12.4. The molecular weight excluding hydrogens is 340 g/mol. The summed E-state index contributed by atoms with van der Waals surface area (Å²) in [5.41, 5.74) is 0.453. The fourth-order valence-electron chi connectivity index (χ4n) is 2.77. The molecule has 120 valence electrons. The molecule has 0 atom stereocenters. The summed E-state index contributed by atoms with van der Waals surface area (Å²) in [6.07, 6.45) is 7.05. The second-order valence-electron chi connectivity index (χ2n) is 5.29. The van der Waals surface area contributed by atoms with Crippen LogP contribution in [0.5, 0.6) is 0 Å². The second-order valence-corrected chi connectivity index (χ2v) is 6.06. The van der Waals surface area contributed by atoms with Crippen LogP contribution in [0.4, 0.5) is 10.1 Å². The minimum absolute atomic E-state index is 0.123. The lowest BCUT2D eigenvalue weighted by Gasteiger charge is -2.17. The molecule has 0 bridgehead atoms. The third-order valence-electron chi connectivity index (χ3n) is 3.87. The zero-order valence-electron chi connectivity index (χ0n) is 12.2. The smallest absolute Gasteiger partial charge is 0.276 e. The van der Waals surface area contributed by atoms with Crippen molar-refractivity contribution in [3.05, 3.63) is 38.5 Å². The fraction of sp³-hybridized carbons (Fsp3) is 0.312. The van der Waals surface area contributed by atoms with Gasteiger partial charge in [0.25, 0.3) is 5.56 Å². The number of hydrogen-bond donors (Lipinski definition) is 1. The van der Waals surface area contributed by atoms with Crippen molar-refractivity contribution in [3.8, 4) is 23.5 Å².